The number of carbonyl (C=O) groups is 3. The van der Waals surface area contributed by atoms with Crippen molar-refractivity contribution < 1.29 is 24.2 Å². The maximum atomic E-state index is 12.6. The van der Waals surface area contributed by atoms with Crippen LogP contribution in [0.1, 0.15) is 16.8 Å². The van der Waals surface area contributed by atoms with Crippen LogP contribution in [0.5, 0.6) is 5.75 Å². The molecule has 0 bridgehead atoms. The molecule has 7 nitrogen and oxygen atoms in total. The largest absolute Gasteiger partial charge is 0.497 e. The number of amides is 2. The van der Waals surface area contributed by atoms with Crippen molar-refractivity contribution in [2.75, 3.05) is 17.3 Å². The van der Waals surface area contributed by atoms with Gasteiger partial charge < -0.3 is 15.2 Å². The number of carboxylic acid groups (broad SMARTS) is 1. The Bertz CT molecular complexity index is 849. The molecule has 1 aliphatic heterocycles. The third-order valence-corrected chi connectivity index (χ3v) is 3.91. The molecule has 7 heteroatoms. The molecule has 0 spiro atoms. The molecule has 0 aliphatic carbocycles. The summed E-state index contributed by atoms with van der Waals surface area (Å²) in [7, 11) is 1.54. The fourth-order valence-corrected chi connectivity index (χ4v) is 2.71. The van der Waals surface area contributed by atoms with E-state index in [4.69, 9.17) is 9.84 Å². The highest BCUT2D eigenvalue weighted by Crippen LogP contribution is 2.26. The number of anilines is 2. The van der Waals surface area contributed by atoms with Gasteiger partial charge in [0.15, 0.2) is 0 Å². The molecule has 25 heavy (non-hydrogen) atoms. The first-order valence-corrected chi connectivity index (χ1v) is 7.60. The van der Waals surface area contributed by atoms with Crippen LogP contribution in [0.25, 0.3) is 0 Å². The number of hydrogen-bond acceptors (Lipinski definition) is 5. The predicted octanol–water partition coefficient (Wildman–Crippen LogP) is 2.14. The van der Waals surface area contributed by atoms with Crippen LogP contribution >= 0.6 is 0 Å². The van der Waals surface area contributed by atoms with Gasteiger partial charge in [0.25, 0.3) is 5.91 Å². The maximum absolute atomic E-state index is 12.6. The van der Waals surface area contributed by atoms with Gasteiger partial charge >= 0.3 is 5.97 Å². The van der Waals surface area contributed by atoms with E-state index < -0.39 is 17.9 Å². The zero-order valence-corrected chi connectivity index (χ0v) is 13.4. The Morgan fingerprint density at radius 3 is 2.68 bits per heavy atom. The van der Waals surface area contributed by atoms with Crippen LogP contribution in [0.4, 0.5) is 11.4 Å². The van der Waals surface area contributed by atoms with E-state index in [-0.39, 0.29) is 23.6 Å². The van der Waals surface area contributed by atoms with E-state index in [1.54, 1.807) is 31.4 Å². The molecule has 2 amide bonds. The molecule has 0 aromatic heterocycles. The number of carbonyl (C=O) groups excluding carboxylic acids is 2. The zero-order chi connectivity index (χ0) is 18.0. The second-order valence-corrected chi connectivity index (χ2v) is 5.56. The molecule has 0 unspecified atom stereocenters. The van der Waals surface area contributed by atoms with Gasteiger partial charge in [0.2, 0.25) is 5.91 Å². The van der Waals surface area contributed by atoms with Crippen molar-refractivity contribution in [3.8, 4) is 5.75 Å². The monoisotopic (exact) mass is 340 g/mol. The van der Waals surface area contributed by atoms with Gasteiger partial charge in [-0.15, -0.1) is 0 Å². The highest BCUT2D eigenvalue weighted by Gasteiger charge is 2.39. The number of methoxy groups -OCH3 is 1. The van der Waals surface area contributed by atoms with Gasteiger partial charge in [0.1, 0.15) is 11.8 Å². The molecule has 1 fully saturated rings. The third-order valence-electron chi connectivity index (χ3n) is 3.91. The Balaban J connectivity index is 1.82. The lowest BCUT2D eigenvalue weighted by molar-refractivity contribution is -0.121. The first-order chi connectivity index (χ1) is 12.0. The topological polar surface area (TPSA) is 95.9 Å². The van der Waals surface area contributed by atoms with Crippen LogP contribution in [0.3, 0.4) is 0 Å². The van der Waals surface area contributed by atoms with E-state index in [0.29, 0.717) is 11.4 Å². The summed E-state index contributed by atoms with van der Waals surface area (Å²) in [6, 6.07) is 12.1. The van der Waals surface area contributed by atoms with E-state index in [0.717, 1.165) is 4.90 Å². The lowest BCUT2D eigenvalue weighted by Gasteiger charge is -2.16. The normalized spacial score (nSPS) is 16.8. The van der Waals surface area contributed by atoms with E-state index in [9.17, 15) is 14.4 Å². The number of carboxylic acids is 1. The number of nitrogens with one attached hydrogen (secondary N) is 1. The van der Waals surface area contributed by atoms with Gasteiger partial charge in [-0.3, -0.25) is 9.59 Å². The Kier molecular flexibility index (Phi) is 4.38. The summed E-state index contributed by atoms with van der Waals surface area (Å²) in [6.45, 7) is 0. The van der Waals surface area contributed by atoms with E-state index in [1.165, 1.54) is 24.3 Å². The molecular formula is C18H16N2O5. The first-order valence-electron chi connectivity index (χ1n) is 7.60. The lowest BCUT2D eigenvalue weighted by Crippen LogP contribution is -2.34. The summed E-state index contributed by atoms with van der Waals surface area (Å²) < 4.78 is 5.14. The second-order valence-electron chi connectivity index (χ2n) is 5.56. The van der Waals surface area contributed by atoms with Gasteiger partial charge in [0.05, 0.1) is 24.8 Å². The molecule has 1 heterocycles. The number of imide groups is 1. The van der Waals surface area contributed by atoms with Gasteiger partial charge in [0, 0.05) is 11.8 Å². The summed E-state index contributed by atoms with van der Waals surface area (Å²) in [5.74, 6) is -1.29. The quantitative estimate of drug-likeness (QED) is 0.810. The molecule has 1 atom stereocenters. The molecule has 1 aliphatic rings. The summed E-state index contributed by atoms with van der Waals surface area (Å²) in [6.07, 6.45) is -0.00661. The summed E-state index contributed by atoms with van der Waals surface area (Å²) in [4.78, 5) is 37.0. The minimum atomic E-state index is -1.12. The number of rotatable bonds is 5. The highest BCUT2D eigenvalue weighted by atomic mass is 16.5. The number of hydrogen-bond donors (Lipinski definition) is 2. The third kappa shape index (κ3) is 3.30. The van der Waals surface area contributed by atoms with E-state index >= 15 is 0 Å². The average Bonchev–Trinajstić information content (AvgIpc) is 2.88. The number of benzene rings is 2. The van der Waals surface area contributed by atoms with Gasteiger partial charge in [-0.25, -0.2) is 9.69 Å². The second kappa shape index (κ2) is 6.64. The van der Waals surface area contributed by atoms with Crippen LogP contribution in [0, 0.1) is 0 Å². The Labute approximate surface area is 143 Å². The van der Waals surface area contributed by atoms with Crippen molar-refractivity contribution in [1.82, 2.24) is 0 Å². The van der Waals surface area contributed by atoms with Crippen LogP contribution in [-0.4, -0.2) is 36.0 Å². The Hall–Kier alpha value is -3.35. The van der Waals surface area contributed by atoms with Gasteiger partial charge in [-0.2, -0.15) is 0 Å². The van der Waals surface area contributed by atoms with Crippen LogP contribution in [-0.2, 0) is 9.59 Å². The maximum Gasteiger partial charge on any atom is 0.335 e. The van der Waals surface area contributed by atoms with E-state index in [1.807, 2.05) is 0 Å². The van der Waals surface area contributed by atoms with Crippen molar-refractivity contribution in [2.45, 2.75) is 12.5 Å². The molecule has 2 aromatic carbocycles. The molecule has 0 saturated carbocycles. The van der Waals surface area contributed by atoms with Crippen molar-refractivity contribution in [3.63, 3.8) is 0 Å². The van der Waals surface area contributed by atoms with Gasteiger partial charge in [-0.05, 0) is 30.3 Å². The van der Waals surface area contributed by atoms with E-state index in [2.05, 4.69) is 5.32 Å². The fraction of sp³-hybridized carbons (Fsp3) is 0.167. The minimum Gasteiger partial charge on any atom is -0.497 e. The first kappa shape index (κ1) is 16.5. The SMILES string of the molecule is COc1cccc(N[C@H]2CC(=O)N(c3cccc(C(=O)O)c3)C2=O)c1. The molecule has 2 N–H and O–H groups in total. The van der Waals surface area contributed by atoms with Crippen molar-refractivity contribution in [3.05, 3.63) is 54.1 Å². The lowest BCUT2D eigenvalue weighted by atomic mass is 10.2. The molecular weight excluding hydrogens is 324 g/mol. The summed E-state index contributed by atoms with van der Waals surface area (Å²) >= 11 is 0. The van der Waals surface area contributed by atoms with Crippen LogP contribution < -0.4 is 15.0 Å². The van der Waals surface area contributed by atoms with Crippen LogP contribution in [0.2, 0.25) is 0 Å². The smallest absolute Gasteiger partial charge is 0.335 e. The standard InChI is InChI=1S/C18H16N2O5/c1-25-14-7-3-5-12(9-14)19-15-10-16(21)20(17(15)22)13-6-2-4-11(8-13)18(23)24/h2-9,15,19H,10H2,1H3,(H,23,24)/t15-/m0/s1. The predicted molar refractivity (Wildman–Crippen MR) is 90.9 cm³/mol. The Morgan fingerprint density at radius 1 is 1.20 bits per heavy atom. The zero-order valence-electron chi connectivity index (χ0n) is 13.4. The minimum absolute atomic E-state index is 0.00661. The average molecular weight is 340 g/mol. The number of aromatic carboxylic acids is 1. The Morgan fingerprint density at radius 2 is 1.96 bits per heavy atom. The fourth-order valence-electron chi connectivity index (χ4n) is 2.71. The molecule has 128 valence electrons. The van der Waals surface area contributed by atoms with Crippen molar-refractivity contribution >= 4 is 29.2 Å². The molecule has 1 saturated heterocycles. The van der Waals surface area contributed by atoms with Gasteiger partial charge in [-0.1, -0.05) is 12.1 Å². The molecule has 2 aromatic rings. The van der Waals surface area contributed by atoms with Crippen molar-refractivity contribution in [2.24, 2.45) is 0 Å². The molecule has 0 radical (unpaired) electrons. The van der Waals surface area contributed by atoms with Crippen LogP contribution in [0.15, 0.2) is 48.5 Å². The summed E-state index contributed by atoms with van der Waals surface area (Å²) in [5, 5.41) is 12.1. The number of nitrogens with zero attached hydrogens (tertiary/aromatic N) is 1. The molecule has 3 rings (SSSR count). The summed E-state index contributed by atoms with van der Waals surface area (Å²) in [5.41, 5.74) is 0.929. The highest BCUT2D eigenvalue weighted by molar-refractivity contribution is 6.23. The van der Waals surface area contributed by atoms with Crippen molar-refractivity contribution in [1.29, 1.82) is 0 Å². The number of ether oxygens (including phenoxy) is 1.